The minimum Gasteiger partial charge on any atom is -0.508 e. The van der Waals surface area contributed by atoms with Gasteiger partial charge in [0.2, 0.25) is 0 Å². The lowest BCUT2D eigenvalue weighted by atomic mass is 9.88. The maximum atomic E-state index is 14.1. The largest absolute Gasteiger partial charge is 0.508 e. The third-order valence-corrected chi connectivity index (χ3v) is 13.9. The van der Waals surface area contributed by atoms with Gasteiger partial charge in [0.25, 0.3) is 6.47 Å². The average molecular weight is 1320 g/mol. The highest BCUT2D eigenvalue weighted by atomic mass is 19.4. The number of carboxylic acid groups (broad SMARTS) is 1. The minimum atomic E-state index is -5.41. The van der Waals surface area contributed by atoms with E-state index in [0.29, 0.717) is 45.9 Å². The molecule has 2 aromatic heterocycles. The summed E-state index contributed by atoms with van der Waals surface area (Å²) in [5, 5.41) is 69.2. The molecular formula is C60H50F12O20. The number of carbonyl (C=O) groups is 4. The van der Waals surface area contributed by atoms with Crippen molar-refractivity contribution in [2.45, 2.75) is 96.6 Å². The molecule has 2 heterocycles. The van der Waals surface area contributed by atoms with E-state index in [0.717, 1.165) is 92.9 Å². The summed E-state index contributed by atoms with van der Waals surface area (Å²) in [6.45, 7) is 2.35. The maximum absolute atomic E-state index is 14.1. The molecule has 8 rings (SSSR count). The van der Waals surface area contributed by atoms with E-state index in [4.69, 9.17) is 9.47 Å². The molecule has 0 amide bonds. The number of ether oxygens (including phenoxy) is 3. The molecule has 0 aliphatic rings. The molecule has 0 spiro atoms. The second-order valence-electron chi connectivity index (χ2n) is 20.0. The summed E-state index contributed by atoms with van der Waals surface area (Å²) < 4.78 is 185. The van der Waals surface area contributed by atoms with Crippen LogP contribution in [-0.4, -0.2) is 91.8 Å². The van der Waals surface area contributed by atoms with Crippen LogP contribution < -0.4 is 36.7 Å². The summed E-state index contributed by atoms with van der Waals surface area (Å²) in [4.78, 5) is 92.6. The van der Waals surface area contributed by atoms with Crippen LogP contribution in [0.2, 0.25) is 0 Å². The number of furan rings is 2. The molecule has 0 bridgehead atoms. The van der Waals surface area contributed by atoms with Crippen molar-refractivity contribution >= 4 is 45.7 Å². The Kier molecular flexibility index (Phi) is 21.2. The first-order valence-electron chi connectivity index (χ1n) is 24.8. The maximum Gasteiger partial charge on any atom is 0.421 e. The van der Waals surface area contributed by atoms with Crippen molar-refractivity contribution in [1.29, 1.82) is 0 Å². The van der Waals surface area contributed by atoms with Gasteiger partial charge in [-0.25, -0.2) is 28.8 Å². The summed E-state index contributed by atoms with van der Waals surface area (Å²) in [5.41, 5.74) is -23.6. The van der Waals surface area contributed by atoms with Crippen molar-refractivity contribution in [2.75, 3.05) is 7.11 Å². The van der Waals surface area contributed by atoms with Crippen molar-refractivity contribution in [1.82, 2.24) is 0 Å². The van der Waals surface area contributed by atoms with Crippen molar-refractivity contribution in [3.8, 4) is 51.0 Å². The molecule has 32 heteroatoms. The first-order valence-corrected chi connectivity index (χ1v) is 24.8. The zero-order chi connectivity index (χ0) is 68.1. The lowest BCUT2D eigenvalue weighted by Gasteiger charge is -2.29. The molecule has 6 aromatic carbocycles. The Morgan fingerprint density at radius 2 is 0.761 bits per heavy atom. The monoisotopic (exact) mass is 1320 g/mol. The van der Waals surface area contributed by atoms with Crippen LogP contribution in [0.3, 0.4) is 0 Å². The number of phenols is 2. The number of halogens is 12. The number of carboxylic acids is 1. The zero-order valence-electron chi connectivity index (χ0n) is 46.3. The van der Waals surface area contributed by atoms with E-state index in [2.05, 4.69) is 13.6 Å². The molecule has 0 aliphatic heterocycles. The van der Waals surface area contributed by atoms with E-state index < -0.39 is 155 Å². The lowest BCUT2D eigenvalue weighted by Crippen LogP contribution is -2.40. The molecule has 4 unspecified atom stereocenters. The topological polar surface area (TPSA) is 332 Å². The number of aliphatic hydroxyl groups is 4. The van der Waals surface area contributed by atoms with Gasteiger partial charge in [-0.15, -0.1) is 0 Å². The smallest absolute Gasteiger partial charge is 0.421 e. The number of Topliss-reactive ketones (excluding diaryl/α,β-unsaturated/α-hetero) is 1. The zero-order valence-corrected chi connectivity index (χ0v) is 46.3. The molecule has 0 aliphatic carbocycles. The summed E-state index contributed by atoms with van der Waals surface area (Å²) in [7, 11) is 1.03. The number of aromatic carboxylic acids is 1. The molecule has 0 fully saturated rings. The molecule has 0 saturated heterocycles. The average Bonchev–Trinajstić information content (AvgIpc) is 0.934. The molecule has 4 atom stereocenters. The molecule has 0 saturated carbocycles. The van der Waals surface area contributed by atoms with E-state index in [1.165, 1.54) is 0 Å². The summed E-state index contributed by atoms with van der Waals surface area (Å²) in [5.74, 6) is -7.82. The molecule has 494 valence electrons. The first kappa shape index (κ1) is 74.5. The highest BCUT2D eigenvalue weighted by Gasteiger charge is 2.56. The number of carbonyl (C=O) groups excluding carboxylic acids is 3. The van der Waals surface area contributed by atoms with Gasteiger partial charge in [0, 0.05) is 27.8 Å². The Labute approximate surface area is 507 Å². The van der Waals surface area contributed by atoms with E-state index in [-0.39, 0.29) is 65.1 Å². The van der Waals surface area contributed by atoms with Crippen LogP contribution in [0.1, 0.15) is 103 Å². The second kappa shape index (κ2) is 26.1. The SMILES string of the molecule is C.C.CC(O)(c1cc(-c2ccc(O)c(C(C)(O)C(F)(F)F)c2)ccc1O)C(F)(F)F.COc1ccc(-c2ccc(OC(=O)c3cc(C(C)=O)c(C(=O)O)cc3OC=O)c(C(C)(O)C(F)(F)F)c2)cc1C(C)(O)C(F)(F)F.O=c1oc(=O)c2cc3c(=O)oc(=O)c3cc12. The highest BCUT2D eigenvalue weighted by molar-refractivity contribution is 6.08. The lowest BCUT2D eigenvalue weighted by molar-refractivity contribution is -0.259. The number of hydrogen-bond acceptors (Lipinski definition) is 19. The fraction of sp³-hybridized carbons (Fsp3) is 0.267. The van der Waals surface area contributed by atoms with Gasteiger partial charge in [0.15, 0.2) is 28.2 Å². The van der Waals surface area contributed by atoms with Crippen molar-refractivity contribution in [2.24, 2.45) is 0 Å². The van der Waals surface area contributed by atoms with Crippen LogP contribution in [0.25, 0.3) is 43.8 Å². The predicted octanol–water partition coefficient (Wildman–Crippen LogP) is 10.6. The van der Waals surface area contributed by atoms with Crippen molar-refractivity contribution in [3.05, 3.63) is 178 Å². The van der Waals surface area contributed by atoms with Gasteiger partial charge in [-0.2, -0.15) is 52.7 Å². The standard InChI is InChI=1S/C30H24F6O10.C18H16F6O4.C10H2O6.2CH4/c1-14(38)17-11-19(24(45-13-37)12-18(17)25(39)40)26(41)46-23-8-6-16(10-21(23)28(3,43)30(34,35)36)15-5-7-22(44-4)20(9-15)27(2,42)29(31,32)33;1-15(27,17(19,20)21)11-7-9(3-5-13(11)25)10-4-6-14(26)12(8-10)16(2,28)18(22,23)24;11-7-3-1-4-6(10(14)16-8(4)12)2-5(3)9(13)15-7;;/h5-13,42-43H,1-4H3,(H,39,40);3-8,25-28H,1-2H3;1-2H;2*1H4. The predicted molar refractivity (Wildman–Crippen MR) is 298 cm³/mol. The number of fused-ring (bicyclic) bond motifs is 2. The quantitative estimate of drug-likeness (QED) is 0.0185. The molecule has 0 radical (unpaired) electrons. The van der Waals surface area contributed by atoms with E-state index in [9.17, 15) is 127 Å². The number of alkyl halides is 12. The van der Waals surface area contributed by atoms with Gasteiger partial charge < -0.3 is 58.8 Å². The Morgan fingerprint density at radius 1 is 0.446 bits per heavy atom. The van der Waals surface area contributed by atoms with E-state index in [1.807, 2.05) is 0 Å². The Balaban J connectivity index is 0.000000329. The molecular weight excluding hydrogens is 1270 g/mol. The number of aromatic hydroxyl groups is 2. The van der Waals surface area contributed by atoms with Gasteiger partial charge in [-0.1, -0.05) is 39.1 Å². The van der Waals surface area contributed by atoms with Crippen molar-refractivity contribution < 1.29 is 131 Å². The Morgan fingerprint density at radius 3 is 1.08 bits per heavy atom. The summed E-state index contributed by atoms with van der Waals surface area (Å²) in [6.07, 6.45) is -20.9. The van der Waals surface area contributed by atoms with Crippen molar-refractivity contribution in [3.63, 3.8) is 0 Å². The number of esters is 1. The molecule has 20 nitrogen and oxygen atoms in total. The number of benzene rings is 6. The van der Waals surface area contributed by atoms with Crippen LogP contribution in [0, 0.1) is 0 Å². The van der Waals surface area contributed by atoms with E-state index in [1.54, 1.807) is 0 Å². The van der Waals surface area contributed by atoms with Crippen LogP contribution in [-0.2, 0) is 27.2 Å². The number of methoxy groups -OCH3 is 1. The van der Waals surface area contributed by atoms with Crippen LogP contribution >= 0.6 is 0 Å². The Bertz CT molecular complexity index is 4150. The highest BCUT2D eigenvalue weighted by Crippen LogP contribution is 2.49. The van der Waals surface area contributed by atoms with Crippen LogP contribution in [0.15, 0.2) is 125 Å². The molecule has 7 N–H and O–H groups in total. The third-order valence-electron chi connectivity index (χ3n) is 13.9. The molecule has 92 heavy (non-hydrogen) atoms. The summed E-state index contributed by atoms with van der Waals surface area (Å²) in [6, 6.07) is 14.6. The number of ketones is 1. The fourth-order valence-electron chi connectivity index (χ4n) is 8.44. The van der Waals surface area contributed by atoms with Gasteiger partial charge in [-0.3, -0.25) is 9.59 Å². The number of rotatable bonds is 13. The molecule has 8 aromatic rings. The van der Waals surface area contributed by atoms with Gasteiger partial charge in [0.1, 0.15) is 34.3 Å². The number of hydrogen-bond donors (Lipinski definition) is 7. The van der Waals surface area contributed by atoms with Crippen LogP contribution in [0.5, 0.6) is 28.7 Å². The Hall–Kier alpha value is -9.92. The number of phenolic OH excluding ortho intramolecular Hbond substituents is 2. The second-order valence-corrected chi connectivity index (χ2v) is 20.0. The minimum absolute atomic E-state index is 0. The third kappa shape index (κ3) is 14.3. The van der Waals surface area contributed by atoms with Gasteiger partial charge >= 0.3 is 59.1 Å². The van der Waals surface area contributed by atoms with Gasteiger partial charge in [0.05, 0.1) is 34.2 Å². The first-order chi connectivity index (χ1) is 41.2. The fourth-order valence-corrected chi connectivity index (χ4v) is 8.44. The van der Waals surface area contributed by atoms with E-state index >= 15 is 0 Å². The summed E-state index contributed by atoms with van der Waals surface area (Å²) >= 11 is 0. The van der Waals surface area contributed by atoms with Gasteiger partial charge in [-0.05, 0) is 130 Å². The van der Waals surface area contributed by atoms with Crippen LogP contribution in [0.4, 0.5) is 52.7 Å². The normalized spacial score (nSPS) is 14.4.